The van der Waals surface area contributed by atoms with Gasteiger partial charge in [0.1, 0.15) is 11.3 Å². The largest absolute Gasteiger partial charge is 0.456 e. The van der Waals surface area contributed by atoms with E-state index >= 15 is 0 Å². The normalized spacial score (nSPS) is 24.6. The first kappa shape index (κ1) is 12.8. The van der Waals surface area contributed by atoms with E-state index < -0.39 is 0 Å². The van der Waals surface area contributed by atoms with Gasteiger partial charge in [0.05, 0.1) is 12.1 Å². The third kappa shape index (κ3) is 2.03. The Morgan fingerprint density at radius 3 is 2.90 bits per heavy atom. The Bertz CT molecular complexity index is 654. The summed E-state index contributed by atoms with van der Waals surface area (Å²) in [6, 6.07) is 4.22. The summed E-state index contributed by atoms with van der Waals surface area (Å²) in [5.41, 5.74) is 1.76. The summed E-state index contributed by atoms with van der Waals surface area (Å²) in [6.45, 7) is 3.57. The number of furan rings is 1. The molecule has 2 fully saturated rings. The number of aryl methyl sites for hydroxylation is 1. The Morgan fingerprint density at radius 1 is 1.33 bits per heavy atom. The molecule has 2 aliphatic rings. The van der Waals surface area contributed by atoms with Crippen LogP contribution in [0.3, 0.4) is 0 Å². The Morgan fingerprint density at radius 2 is 2.19 bits per heavy atom. The minimum atomic E-state index is 0.00899. The lowest BCUT2D eigenvalue weighted by Gasteiger charge is -2.24. The van der Waals surface area contributed by atoms with E-state index in [0.29, 0.717) is 11.8 Å². The van der Waals surface area contributed by atoms with Crippen LogP contribution >= 0.6 is 11.3 Å². The van der Waals surface area contributed by atoms with Crippen LogP contribution in [0.5, 0.6) is 0 Å². The summed E-state index contributed by atoms with van der Waals surface area (Å²) in [7, 11) is 0. The van der Waals surface area contributed by atoms with Crippen LogP contribution in [0.25, 0.3) is 0 Å². The molecule has 21 heavy (non-hydrogen) atoms. The first-order chi connectivity index (χ1) is 10.2. The van der Waals surface area contributed by atoms with Gasteiger partial charge in [0.25, 0.3) is 5.91 Å². The molecule has 0 N–H and O–H groups in total. The van der Waals surface area contributed by atoms with E-state index in [1.165, 1.54) is 0 Å². The number of hydrogen-bond acceptors (Lipinski definition) is 6. The third-order valence-electron chi connectivity index (χ3n) is 4.38. The zero-order valence-electron chi connectivity index (χ0n) is 11.7. The summed E-state index contributed by atoms with van der Waals surface area (Å²) in [5, 5.41) is 9.04. The fourth-order valence-corrected chi connectivity index (χ4v) is 4.10. The molecule has 4 rings (SSSR count). The molecule has 0 unspecified atom stereocenters. The second kappa shape index (κ2) is 4.84. The SMILES string of the molecule is Cc1ccc(C(=O)N2CC[C@H]3[C@@H]2CCN3c2nncs2)o1. The fraction of sp³-hybridized carbons (Fsp3) is 0.500. The van der Waals surface area contributed by atoms with Gasteiger partial charge < -0.3 is 14.2 Å². The lowest BCUT2D eigenvalue weighted by atomic mass is 10.1. The van der Waals surface area contributed by atoms with Gasteiger partial charge >= 0.3 is 0 Å². The fourth-order valence-electron chi connectivity index (χ4n) is 3.46. The van der Waals surface area contributed by atoms with Crippen LogP contribution in [-0.4, -0.2) is 46.2 Å². The van der Waals surface area contributed by atoms with Crippen molar-refractivity contribution < 1.29 is 9.21 Å². The minimum Gasteiger partial charge on any atom is -0.456 e. The number of carbonyl (C=O) groups excluding carboxylic acids is 1. The molecule has 4 heterocycles. The molecule has 2 aromatic rings. The minimum absolute atomic E-state index is 0.00899. The zero-order valence-corrected chi connectivity index (χ0v) is 12.5. The molecule has 2 aliphatic heterocycles. The zero-order chi connectivity index (χ0) is 14.4. The van der Waals surface area contributed by atoms with Crippen molar-refractivity contribution in [3.63, 3.8) is 0 Å². The highest BCUT2D eigenvalue weighted by Crippen LogP contribution is 2.36. The number of carbonyl (C=O) groups is 1. The van der Waals surface area contributed by atoms with E-state index in [0.717, 1.165) is 36.8 Å². The summed E-state index contributed by atoms with van der Waals surface area (Å²) in [6.07, 6.45) is 1.96. The molecule has 7 heteroatoms. The van der Waals surface area contributed by atoms with Gasteiger partial charge in [-0.3, -0.25) is 4.79 Å². The van der Waals surface area contributed by atoms with Crippen molar-refractivity contribution in [3.8, 4) is 0 Å². The van der Waals surface area contributed by atoms with Gasteiger partial charge in [-0.1, -0.05) is 11.3 Å². The number of hydrogen-bond donors (Lipinski definition) is 0. The Balaban J connectivity index is 1.54. The number of rotatable bonds is 2. The first-order valence-electron chi connectivity index (χ1n) is 7.14. The van der Waals surface area contributed by atoms with E-state index in [-0.39, 0.29) is 11.9 Å². The molecule has 0 aliphatic carbocycles. The Kier molecular flexibility index (Phi) is 2.95. The van der Waals surface area contributed by atoms with Crippen LogP contribution < -0.4 is 4.90 Å². The third-order valence-corrected chi connectivity index (χ3v) is 5.11. The quantitative estimate of drug-likeness (QED) is 0.848. The average molecular weight is 304 g/mol. The number of likely N-dealkylation sites (tertiary alicyclic amines) is 1. The molecule has 2 atom stereocenters. The highest BCUT2D eigenvalue weighted by Gasteiger charge is 2.45. The van der Waals surface area contributed by atoms with Gasteiger partial charge in [-0.05, 0) is 31.9 Å². The monoisotopic (exact) mass is 304 g/mol. The van der Waals surface area contributed by atoms with Crippen molar-refractivity contribution in [1.29, 1.82) is 0 Å². The number of anilines is 1. The smallest absolute Gasteiger partial charge is 0.289 e. The predicted molar refractivity (Wildman–Crippen MR) is 78.5 cm³/mol. The van der Waals surface area contributed by atoms with Crippen LogP contribution in [0.15, 0.2) is 22.1 Å². The standard InChI is InChI=1S/C14H16N4O2S/c1-9-2-3-12(20-9)13(19)17-6-4-11-10(17)5-7-18(11)14-16-15-8-21-14/h2-3,8,10-11H,4-7H2,1H3/t10-,11-/m0/s1. The second-order valence-corrected chi connectivity index (χ2v) is 6.35. The molecule has 2 aromatic heterocycles. The predicted octanol–water partition coefficient (Wildman–Crippen LogP) is 1.93. The molecule has 0 spiro atoms. The molecule has 0 bridgehead atoms. The Hall–Kier alpha value is -1.89. The van der Waals surface area contributed by atoms with Crippen LogP contribution in [0.2, 0.25) is 0 Å². The van der Waals surface area contributed by atoms with Crippen LogP contribution in [0, 0.1) is 6.92 Å². The summed E-state index contributed by atoms with van der Waals surface area (Å²) < 4.78 is 5.48. The molecule has 110 valence electrons. The van der Waals surface area contributed by atoms with Gasteiger partial charge in [-0.25, -0.2) is 0 Å². The van der Waals surface area contributed by atoms with Crippen molar-refractivity contribution in [2.45, 2.75) is 31.8 Å². The molecule has 0 aromatic carbocycles. The van der Waals surface area contributed by atoms with E-state index in [4.69, 9.17) is 4.42 Å². The maximum absolute atomic E-state index is 12.6. The molecular weight excluding hydrogens is 288 g/mol. The van der Waals surface area contributed by atoms with E-state index in [9.17, 15) is 4.79 Å². The average Bonchev–Trinajstić information content (AvgIpc) is 3.22. The van der Waals surface area contributed by atoms with Crippen molar-refractivity contribution in [3.05, 3.63) is 29.2 Å². The van der Waals surface area contributed by atoms with Crippen molar-refractivity contribution in [1.82, 2.24) is 15.1 Å². The van der Waals surface area contributed by atoms with Crippen molar-refractivity contribution in [2.24, 2.45) is 0 Å². The Labute approximate surface area is 126 Å². The molecule has 0 saturated carbocycles. The van der Waals surface area contributed by atoms with E-state index in [1.807, 2.05) is 17.9 Å². The van der Waals surface area contributed by atoms with Crippen LogP contribution in [0.1, 0.15) is 29.2 Å². The maximum atomic E-state index is 12.6. The summed E-state index contributed by atoms with van der Waals surface area (Å²) >= 11 is 1.56. The van der Waals surface area contributed by atoms with Gasteiger partial charge in [0.2, 0.25) is 5.13 Å². The molecule has 6 nitrogen and oxygen atoms in total. The molecular formula is C14H16N4O2S. The summed E-state index contributed by atoms with van der Waals surface area (Å²) in [4.78, 5) is 16.8. The number of fused-ring (bicyclic) bond motifs is 1. The maximum Gasteiger partial charge on any atom is 0.289 e. The van der Waals surface area contributed by atoms with Gasteiger partial charge in [0.15, 0.2) is 5.76 Å². The van der Waals surface area contributed by atoms with E-state index in [2.05, 4.69) is 15.1 Å². The first-order valence-corrected chi connectivity index (χ1v) is 8.02. The highest BCUT2D eigenvalue weighted by atomic mass is 32.1. The van der Waals surface area contributed by atoms with Gasteiger partial charge in [-0.2, -0.15) is 0 Å². The van der Waals surface area contributed by atoms with E-state index in [1.54, 1.807) is 22.9 Å². The van der Waals surface area contributed by atoms with Gasteiger partial charge in [0, 0.05) is 13.1 Å². The summed E-state index contributed by atoms with van der Waals surface area (Å²) in [5.74, 6) is 1.23. The van der Waals surface area contributed by atoms with Gasteiger partial charge in [-0.15, -0.1) is 10.2 Å². The van der Waals surface area contributed by atoms with Crippen LogP contribution in [0.4, 0.5) is 5.13 Å². The number of aromatic nitrogens is 2. The molecule has 0 radical (unpaired) electrons. The topological polar surface area (TPSA) is 62.5 Å². The number of nitrogens with zero attached hydrogens (tertiary/aromatic N) is 4. The second-order valence-electron chi connectivity index (χ2n) is 5.54. The lowest BCUT2D eigenvalue weighted by Crippen LogP contribution is -2.39. The highest BCUT2D eigenvalue weighted by molar-refractivity contribution is 7.13. The van der Waals surface area contributed by atoms with Crippen molar-refractivity contribution in [2.75, 3.05) is 18.0 Å². The van der Waals surface area contributed by atoms with Crippen molar-refractivity contribution >= 4 is 22.4 Å². The molecule has 1 amide bonds. The lowest BCUT2D eigenvalue weighted by molar-refractivity contribution is 0.0704. The number of amides is 1. The van der Waals surface area contributed by atoms with Crippen LogP contribution in [-0.2, 0) is 0 Å². The molecule has 2 saturated heterocycles.